The molecule has 3 heterocycles. The van der Waals surface area contributed by atoms with Crippen molar-refractivity contribution >= 4 is 0 Å². The Balaban J connectivity index is 1.93. The van der Waals surface area contributed by atoms with E-state index in [4.69, 9.17) is 5.73 Å². The Morgan fingerprint density at radius 1 is 1.22 bits per heavy atom. The van der Waals surface area contributed by atoms with Crippen molar-refractivity contribution in [3.63, 3.8) is 0 Å². The zero-order chi connectivity index (χ0) is 19.6. The maximum atomic E-state index is 12.8. The van der Waals surface area contributed by atoms with Gasteiger partial charge in [0.1, 0.15) is 12.1 Å². The number of aromatic nitrogens is 6. The molecule has 0 aliphatic rings. The first-order chi connectivity index (χ1) is 12.9. The number of nitrogens with zero attached hydrogens (tertiary/aromatic N) is 6. The molecule has 0 amide bonds. The molecule has 27 heavy (non-hydrogen) atoms. The molecule has 3 aromatic rings. The molecule has 10 heteroatoms. The van der Waals surface area contributed by atoms with Gasteiger partial charge in [-0.05, 0) is 25.5 Å². The van der Waals surface area contributed by atoms with E-state index in [-0.39, 0.29) is 18.7 Å². The number of pyridine rings is 1. The van der Waals surface area contributed by atoms with Crippen LogP contribution in [0, 0.1) is 6.92 Å². The quantitative estimate of drug-likeness (QED) is 0.708. The van der Waals surface area contributed by atoms with E-state index >= 15 is 0 Å². The van der Waals surface area contributed by atoms with Gasteiger partial charge in [0.05, 0.1) is 12.7 Å². The van der Waals surface area contributed by atoms with Crippen LogP contribution < -0.4 is 11.4 Å². The summed E-state index contributed by atoms with van der Waals surface area (Å²) in [5, 5.41) is 8.12. The Labute approximate surface area is 153 Å². The molecule has 0 aliphatic carbocycles. The molecule has 0 saturated carbocycles. The minimum atomic E-state index is -1.90. The summed E-state index contributed by atoms with van der Waals surface area (Å²) in [6.45, 7) is 3.86. The summed E-state index contributed by atoms with van der Waals surface area (Å²) >= 11 is 0. The van der Waals surface area contributed by atoms with Crippen molar-refractivity contribution in [2.24, 2.45) is 5.73 Å². The third-order valence-electron chi connectivity index (χ3n) is 4.16. The topological polar surface area (TPSA) is 96.5 Å². The monoisotopic (exact) mass is 375 g/mol. The molecular formula is C17H19F2N7O. The molecule has 0 aromatic carbocycles. The Bertz CT molecular complexity index is 1040. The standard InChI is InChI=1S/C17H19F2N7O/c1-3-24-8-14(7-22-24)12-4-11(2)16(21-6-12)25-10-23-26(17(25)27)9-13(5-20)15(18)19/h4,6-8,10H,3,5,9,20H2,1-2H3. The van der Waals surface area contributed by atoms with Gasteiger partial charge in [-0.3, -0.25) is 4.68 Å². The first-order valence-corrected chi connectivity index (χ1v) is 8.32. The Morgan fingerprint density at radius 2 is 2.00 bits per heavy atom. The second-order valence-electron chi connectivity index (χ2n) is 5.96. The fraction of sp³-hybridized carbons (Fsp3) is 0.294. The highest BCUT2D eigenvalue weighted by atomic mass is 19.3. The lowest BCUT2D eigenvalue weighted by atomic mass is 10.1. The van der Waals surface area contributed by atoms with Crippen molar-refractivity contribution in [1.82, 2.24) is 29.1 Å². The first-order valence-electron chi connectivity index (χ1n) is 8.32. The zero-order valence-electron chi connectivity index (χ0n) is 14.9. The van der Waals surface area contributed by atoms with Gasteiger partial charge < -0.3 is 5.73 Å². The second kappa shape index (κ2) is 7.62. The molecule has 0 spiro atoms. The molecule has 142 valence electrons. The van der Waals surface area contributed by atoms with Gasteiger partial charge in [-0.25, -0.2) is 19.0 Å². The lowest BCUT2D eigenvalue weighted by Crippen LogP contribution is -2.27. The van der Waals surface area contributed by atoms with Crippen molar-refractivity contribution in [1.29, 1.82) is 0 Å². The Hall–Kier alpha value is -3.14. The van der Waals surface area contributed by atoms with E-state index < -0.39 is 11.8 Å². The van der Waals surface area contributed by atoms with E-state index in [1.165, 1.54) is 10.9 Å². The predicted molar refractivity (Wildman–Crippen MR) is 95.5 cm³/mol. The summed E-state index contributed by atoms with van der Waals surface area (Å²) in [5.41, 5.74) is 6.91. The van der Waals surface area contributed by atoms with Crippen LogP contribution in [0.4, 0.5) is 8.78 Å². The van der Waals surface area contributed by atoms with E-state index in [2.05, 4.69) is 15.2 Å². The largest absolute Gasteiger partial charge is 0.351 e. The van der Waals surface area contributed by atoms with Gasteiger partial charge in [0.25, 0.3) is 6.08 Å². The maximum absolute atomic E-state index is 12.8. The summed E-state index contributed by atoms with van der Waals surface area (Å²) < 4.78 is 29.5. The molecular weight excluding hydrogens is 356 g/mol. The van der Waals surface area contributed by atoms with Crippen LogP contribution in [0.2, 0.25) is 0 Å². The first kappa shape index (κ1) is 18.6. The fourth-order valence-electron chi connectivity index (χ4n) is 2.64. The molecule has 0 atom stereocenters. The highest BCUT2D eigenvalue weighted by Crippen LogP contribution is 2.21. The van der Waals surface area contributed by atoms with Gasteiger partial charge in [-0.2, -0.15) is 19.0 Å². The molecule has 0 fully saturated rings. The molecule has 3 rings (SSSR count). The van der Waals surface area contributed by atoms with Crippen LogP contribution >= 0.6 is 0 Å². The number of hydrogen-bond donors (Lipinski definition) is 1. The second-order valence-corrected chi connectivity index (χ2v) is 5.96. The van der Waals surface area contributed by atoms with Gasteiger partial charge in [0.15, 0.2) is 0 Å². The number of hydrogen-bond acceptors (Lipinski definition) is 5. The SMILES string of the molecule is CCn1cc(-c2cnc(-n3cnn(CC(CN)=C(F)F)c3=O)c(C)c2)cn1. The molecule has 8 nitrogen and oxygen atoms in total. The van der Waals surface area contributed by atoms with Crippen LogP contribution in [0.15, 0.2) is 47.4 Å². The average molecular weight is 375 g/mol. The lowest BCUT2D eigenvalue weighted by Gasteiger charge is -2.06. The van der Waals surface area contributed by atoms with Gasteiger partial charge >= 0.3 is 5.69 Å². The van der Waals surface area contributed by atoms with Crippen molar-refractivity contribution in [3.8, 4) is 16.9 Å². The van der Waals surface area contributed by atoms with Gasteiger partial charge in [-0.15, -0.1) is 0 Å². The summed E-state index contributed by atoms with van der Waals surface area (Å²) in [6, 6.07) is 1.88. The van der Waals surface area contributed by atoms with Crippen LogP contribution in [0.1, 0.15) is 12.5 Å². The van der Waals surface area contributed by atoms with E-state index in [1.807, 2.05) is 26.1 Å². The van der Waals surface area contributed by atoms with Crippen LogP contribution in [-0.2, 0) is 13.1 Å². The molecule has 2 N–H and O–H groups in total. The summed E-state index contributed by atoms with van der Waals surface area (Å²) in [6.07, 6.45) is 4.65. The summed E-state index contributed by atoms with van der Waals surface area (Å²) in [7, 11) is 0. The van der Waals surface area contributed by atoms with Crippen LogP contribution in [0.25, 0.3) is 16.9 Å². The van der Waals surface area contributed by atoms with E-state index in [9.17, 15) is 13.6 Å². The predicted octanol–water partition coefficient (Wildman–Crippen LogP) is 1.73. The molecule has 0 radical (unpaired) electrons. The van der Waals surface area contributed by atoms with Crippen LogP contribution in [-0.4, -0.2) is 35.7 Å². The van der Waals surface area contributed by atoms with Crippen LogP contribution in [0.5, 0.6) is 0 Å². The number of rotatable bonds is 6. The number of nitrogens with two attached hydrogens (primary N) is 1. The molecule has 0 saturated heterocycles. The molecule has 3 aromatic heterocycles. The van der Waals surface area contributed by atoms with Gasteiger partial charge in [-0.1, -0.05) is 0 Å². The van der Waals surface area contributed by atoms with Crippen molar-refractivity contribution in [2.75, 3.05) is 6.54 Å². The lowest BCUT2D eigenvalue weighted by molar-refractivity contribution is 0.400. The Kier molecular flexibility index (Phi) is 5.26. The van der Waals surface area contributed by atoms with Gasteiger partial charge in [0, 0.05) is 42.2 Å². The maximum Gasteiger partial charge on any atom is 0.351 e. The van der Waals surface area contributed by atoms with E-state index in [0.717, 1.165) is 27.9 Å². The minimum absolute atomic E-state index is 0.338. The van der Waals surface area contributed by atoms with Gasteiger partial charge in [0.2, 0.25) is 0 Å². The highest BCUT2D eigenvalue weighted by molar-refractivity contribution is 5.62. The van der Waals surface area contributed by atoms with Crippen molar-refractivity contribution in [3.05, 3.63) is 58.7 Å². The van der Waals surface area contributed by atoms with Crippen molar-refractivity contribution in [2.45, 2.75) is 26.9 Å². The molecule has 0 bridgehead atoms. The summed E-state index contributed by atoms with van der Waals surface area (Å²) in [4.78, 5) is 16.9. The fourth-order valence-corrected chi connectivity index (χ4v) is 2.64. The number of aryl methyl sites for hydroxylation is 2. The summed E-state index contributed by atoms with van der Waals surface area (Å²) in [5.74, 6) is 0.386. The molecule has 0 unspecified atom stereocenters. The molecule has 0 aliphatic heterocycles. The highest BCUT2D eigenvalue weighted by Gasteiger charge is 2.14. The van der Waals surface area contributed by atoms with E-state index in [0.29, 0.717) is 5.82 Å². The third kappa shape index (κ3) is 3.70. The third-order valence-corrected chi connectivity index (χ3v) is 4.16. The normalized spacial score (nSPS) is 11.0. The zero-order valence-corrected chi connectivity index (χ0v) is 14.9. The Morgan fingerprint density at radius 3 is 2.59 bits per heavy atom. The minimum Gasteiger partial charge on any atom is -0.327 e. The van der Waals surface area contributed by atoms with Crippen LogP contribution in [0.3, 0.4) is 0 Å². The van der Waals surface area contributed by atoms with Crippen molar-refractivity contribution < 1.29 is 8.78 Å². The van der Waals surface area contributed by atoms with E-state index in [1.54, 1.807) is 17.1 Å². The smallest absolute Gasteiger partial charge is 0.327 e. The average Bonchev–Trinajstić information content (AvgIpc) is 3.26. The number of halogens is 2.